The van der Waals surface area contributed by atoms with Crippen molar-refractivity contribution >= 4 is 21.7 Å². The Labute approximate surface area is 179 Å². The molecular formula is C22H30N4O3S. The van der Waals surface area contributed by atoms with Crippen molar-refractivity contribution in [2.45, 2.75) is 26.4 Å². The van der Waals surface area contributed by atoms with Crippen LogP contribution in [0.3, 0.4) is 0 Å². The second kappa shape index (κ2) is 9.70. The lowest BCUT2D eigenvalue weighted by atomic mass is 10.1. The van der Waals surface area contributed by atoms with Crippen molar-refractivity contribution in [2.24, 2.45) is 5.73 Å². The molecule has 2 N–H and O–H groups in total. The third-order valence-electron chi connectivity index (χ3n) is 5.44. The number of Topliss-reactive ketones (excluding diaryl/α,β-unsaturated/α-hetero) is 1. The highest BCUT2D eigenvalue weighted by molar-refractivity contribution is 7.90. The van der Waals surface area contributed by atoms with Crippen LogP contribution in [0.15, 0.2) is 54.6 Å². The molecule has 1 fully saturated rings. The predicted octanol–water partition coefficient (Wildman–Crippen LogP) is 2.11. The van der Waals surface area contributed by atoms with Crippen molar-refractivity contribution in [3.8, 4) is 0 Å². The second-order valence-electron chi connectivity index (χ2n) is 7.70. The van der Waals surface area contributed by atoms with Crippen LogP contribution >= 0.6 is 0 Å². The molecule has 0 spiro atoms. The van der Waals surface area contributed by atoms with Crippen LogP contribution in [-0.4, -0.2) is 62.2 Å². The topological polar surface area (TPSA) is 87.0 Å². The Bertz CT molecular complexity index is 938. The Morgan fingerprint density at radius 3 is 2.13 bits per heavy atom. The lowest BCUT2D eigenvalue weighted by Gasteiger charge is -2.38. The first-order valence-corrected chi connectivity index (χ1v) is 11.6. The quantitative estimate of drug-likeness (QED) is 0.648. The molecule has 0 aromatic heterocycles. The monoisotopic (exact) mass is 430 g/mol. The van der Waals surface area contributed by atoms with E-state index < -0.39 is 10.2 Å². The number of anilines is 1. The number of rotatable bonds is 8. The summed E-state index contributed by atoms with van der Waals surface area (Å²) in [5, 5.41) is 0. The van der Waals surface area contributed by atoms with E-state index in [-0.39, 0.29) is 18.9 Å². The summed E-state index contributed by atoms with van der Waals surface area (Å²) in [6, 6.07) is 16.5. The number of ketones is 1. The van der Waals surface area contributed by atoms with E-state index in [1.54, 1.807) is 40.7 Å². The van der Waals surface area contributed by atoms with E-state index in [2.05, 4.69) is 18.7 Å². The molecule has 0 saturated carbocycles. The van der Waals surface area contributed by atoms with Crippen molar-refractivity contribution in [3.63, 3.8) is 0 Å². The first-order chi connectivity index (χ1) is 14.3. The van der Waals surface area contributed by atoms with Crippen molar-refractivity contribution < 1.29 is 13.2 Å². The summed E-state index contributed by atoms with van der Waals surface area (Å²) < 4.78 is 30.1. The van der Waals surface area contributed by atoms with Gasteiger partial charge in [0.1, 0.15) is 0 Å². The maximum atomic E-state index is 13.6. The van der Waals surface area contributed by atoms with Gasteiger partial charge in [0.2, 0.25) is 0 Å². The van der Waals surface area contributed by atoms with E-state index >= 15 is 0 Å². The number of para-hydroxylation sites is 1. The maximum Gasteiger partial charge on any atom is 0.304 e. The molecule has 1 heterocycles. The minimum absolute atomic E-state index is 0.0494. The fourth-order valence-electron chi connectivity index (χ4n) is 3.57. The smallest absolute Gasteiger partial charge is 0.304 e. The van der Waals surface area contributed by atoms with E-state index in [4.69, 9.17) is 5.73 Å². The van der Waals surface area contributed by atoms with Gasteiger partial charge in [-0.25, -0.2) is 0 Å². The van der Waals surface area contributed by atoms with Crippen LogP contribution in [0.2, 0.25) is 0 Å². The van der Waals surface area contributed by atoms with Crippen molar-refractivity contribution in [2.75, 3.05) is 37.0 Å². The Balaban J connectivity index is 1.85. The van der Waals surface area contributed by atoms with Crippen molar-refractivity contribution in [1.29, 1.82) is 0 Å². The molecule has 1 aliphatic heterocycles. The van der Waals surface area contributed by atoms with Crippen LogP contribution in [0.4, 0.5) is 5.69 Å². The van der Waals surface area contributed by atoms with Gasteiger partial charge in [0.25, 0.3) is 0 Å². The standard InChI is InChI=1S/C22H30N4O3S/c1-18(2)24-12-14-25(15-13-24)30(28,29)26(21-6-4-3-5-7-21)17-19-8-10-20(11-9-19)22(27)16-23/h3-11,18H,12-17,23H2,1-2H3. The van der Waals surface area contributed by atoms with Gasteiger partial charge in [-0.3, -0.25) is 14.0 Å². The van der Waals surface area contributed by atoms with Crippen molar-refractivity contribution in [3.05, 3.63) is 65.7 Å². The molecule has 2 aromatic carbocycles. The molecule has 0 aliphatic carbocycles. The highest BCUT2D eigenvalue weighted by Crippen LogP contribution is 2.24. The van der Waals surface area contributed by atoms with Gasteiger partial charge in [0.05, 0.1) is 18.8 Å². The number of nitrogens with two attached hydrogens (primary N) is 1. The Hall–Kier alpha value is -2.26. The SMILES string of the molecule is CC(C)N1CCN(S(=O)(=O)N(Cc2ccc(C(=O)CN)cc2)c2ccccc2)CC1. The Morgan fingerprint density at radius 2 is 1.60 bits per heavy atom. The molecule has 0 bridgehead atoms. The lowest BCUT2D eigenvalue weighted by Crippen LogP contribution is -2.54. The van der Waals surface area contributed by atoms with Crippen LogP contribution in [0, 0.1) is 0 Å². The zero-order valence-corrected chi connectivity index (χ0v) is 18.4. The molecule has 1 aliphatic rings. The summed E-state index contributed by atoms with van der Waals surface area (Å²) in [5.74, 6) is -0.142. The van der Waals surface area contributed by atoms with E-state index in [1.807, 2.05) is 18.2 Å². The van der Waals surface area contributed by atoms with Crippen LogP contribution in [-0.2, 0) is 16.8 Å². The fourth-order valence-corrected chi connectivity index (χ4v) is 5.17. The number of carbonyl (C=O) groups excluding carboxylic acids is 1. The third-order valence-corrected chi connectivity index (χ3v) is 7.35. The molecule has 7 nitrogen and oxygen atoms in total. The van der Waals surface area contributed by atoms with Crippen LogP contribution in [0.1, 0.15) is 29.8 Å². The first-order valence-electron chi connectivity index (χ1n) is 10.2. The minimum atomic E-state index is -3.70. The zero-order valence-electron chi connectivity index (χ0n) is 17.6. The lowest BCUT2D eigenvalue weighted by molar-refractivity contribution is 0.100. The molecule has 30 heavy (non-hydrogen) atoms. The molecule has 1 saturated heterocycles. The van der Waals surface area contributed by atoms with Gasteiger partial charge < -0.3 is 5.73 Å². The molecule has 0 atom stereocenters. The second-order valence-corrected chi connectivity index (χ2v) is 9.56. The summed E-state index contributed by atoms with van der Waals surface area (Å²) in [6.07, 6.45) is 0. The van der Waals surface area contributed by atoms with Gasteiger partial charge in [-0.15, -0.1) is 0 Å². The predicted molar refractivity (Wildman–Crippen MR) is 120 cm³/mol. The number of benzene rings is 2. The molecule has 0 unspecified atom stereocenters. The third kappa shape index (κ3) is 5.07. The summed E-state index contributed by atoms with van der Waals surface area (Å²) >= 11 is 0. The van der Waals surface area contributed by atoms with Gasteiger partial charge in [-0.05, 0) is 31.5 Å². The van der Waals surface area contributed by atoms with Gasteiger partial charge in [0.15, 0.2) is 5.78 Å². The molecule has 0 radical (unpaired) electrons. The Kier molecular flexibility index (Phi) is 7.25. The molecule has 3 rings (SSSR count). The van der Waals surface area contributed by atoms with Gasteiger partial charge in [0, 0.05) is 37.8 Å². The van der Waals surface area contributed by atoms with Crippen LogP contribution < -0.4 is 10.0 Å². The minimum Gasteiger partial charge on any atom is -0.324 e. The maximum absolute atomic E-state index is 13.6. The largest absolute Gasteiger partial charge is 0.324 e. The van der Waals surface area contributed by atoms with Gasteiger partial charge >= 0.3 is 10.2 Å². The number of nitrogens with zero attached hydrogens (tertiary/aromatic N) is 3. The summed E-state index contributed by atoms with van der Waals surface area (Å²) in [7, 11) is -3.70. The van der Waals surface area contributed by atoms with E-state index in [0.29, 0.717) is 30.4 Å². The molecule has 2 aromatic rings. The normalized spacial score (nSPS) is 16.0. The zero-order chi connectivity index (χ0) is 21.7. The van der Waals surface area contributed by atoms with Gasteiger partial charge in [-0.1, -0.05) is 42.5 Å². The average Bonchev–Trinajstić information content (AvgIpc) is 2.77. The van der Waals surface area contributed by atoms with Gasteiger partial charge in [-0.2, -0.15) is 12.7 Å². The highest BCUT2D eigenvalue weighted by atomic mass is 32.2. The molecular weight excluding hydrogens is 400 g/mol. The van der Waals surface area contributed by atoms with E-state index in [9.17, 15) is 13.2 Å². The number of hydrogen-bond acceptors (Lipinski definition) is 5. The number of piperazine rings is 1. The average molecular weight is 431 g/mol. The number of carbonyl (C=O) groups is 1. The number of hydrogen-bond donors (Lipinski definition) is 1. The summed E-state index contributed by atoms with van der Waals surface area (Å²) in [6.45, 7) is 6.76. The molecule has 8 heteroatoms. The first kappa shape index (κ1) is 22.4. The summed E-state index contributed by atoms with van der Waals surface area (Å²) in [5.41, 5.74) is 7.37. The van der Waals surface area contributed by atoms with E-state index in [1.165, 1.54) is 4.31 Å². The molecule has 0 amide bonds. The van der Waals surface area contributed by atoms with Crippen LogP contribution in [0.5, 0.6) is 0 Å². The Morgan fingerprint density at radius 1 is 1.00 bits per heavy atom. The van der Waals surface area contributed by atoms with Crippen LogP contribution in [0.25, 0.3) is 0 Å². The fraction of sp³-hybridized carbons (Fsp3) is 0.409. The van der Waals surface area contributed by atoms with Crippen molar-refractivity contribution in [1.82, 2.24) is 9.21 Å². The van der Waals surface area contributed by atoms with E-state index in [0.717, 1.165) is 18.7 Å². The summed E-state index contributed by atoms with van der Waals surface area (Å²) in [4.78, 5) is 14.1. The highest BCUT2D eigenvalue weighted by Gasteiger charge is 2.33. The molecule has 162 valence electrons.